The maximum Gasteiger partial charge on any atom is 0.256 e. The monoisotopic (exact) mass is 507 g/mol. The lowest BCUT2D eigenvalue weighted by Gasteiger charge is -2.37. The van der Waals surface area contributed by atoms with Gasteiger partial charge in [0.25, 0.3) is 5.88 Å². The molecule has 0 bridgehead atoms. The number of thioether (sulfide) groups is 1. The fourth-order valence-corrected chi connectivity index (χ4v) is 6.14. The topological polar surface area (TPSA) is 64.1 Å². The van der Waals surface area contributed by atoms with Crippen molar-refractivity contribution < 1.29 is 19.3 Å². The van der Waals surface area contributed by atoms with Crippen molar-refractivity contribution in [3.8, 4) is 11.6 Å². The van der Waals surface area contributed by atoms with Crippen molar-refractivity contribution in [1.82, 2.24) is 9.88 Å². The van der Waals surface area contributed by atoms with E-state index >= 15 is 0 Å². The Balaban J connectivity index is 1.04. The fraction of sp³-hybridized carbons (Fsp3) is 0.429. The molecule has 2 aliphatic heterocycles. The van der Waals surface area contributed by atoms with E-state index in [2.05, 4.69) is 39.9 Å². The second-order valence-electron chi connectivity index (χ2n) is 9.32. The Morgan fingerprint density at radius 3 is 2.81 bits per heavy atom. The van der Waals surface area contributed by atoms with E-state index in [4.69, 9.17) is 14.5 Å². The summed E-state index contributed by atoms with van der Waals surface area (Å²) in [6.07, 6.45) is 2.75. The first-order valence-electron chi connectivity index (χ1n) is 12.7. The van der Waals surface area contributed by atoms with Gasteiger partial charge in [-0.05, 0) is 61.2 Å². The maximum atomic E-state index is 10.4. The molecule has 1 fully saturated rings. The molecule has 8 heteroatoms. The molecule has 1 atom stereocenters. The van der Waals surface area contributed by atoms with Crippen LogP contribution in [0.2, 0.25) is 0 Å². The van der Waals surface area contributed by atoms with Gasteiger partial charge in [-0.25, -0.2) is 4.98 Å². The van der Waals surface area contributed by atoms with Crippen molar-refractivity contribution in [2.24, 2.45) is 0 Å². The number of piperazine rings is 1. The first kappa shape index (κ1) is 24.9. The summed E-state index contributed by atoms with van der Waals surface area (Å²) in [6, 6.07) is 16.3. The average molecular weight is 508 g/mol. The van der Waals surface area contributed by atoms with Crippen molar-refractivity contribution in [3.63, 3.8) is 0 Å². The Morgan fingerprint density at radius 1 is 1.08 bits per heavy atom. The largest absolute Gasteiger partial charge is 0.494 e. The zero-order valence-corrected chi connectivity index (χ0v) is 21.5. The molecule has 7 nitrogen and oxygen atoms in total. The van der Waals surface area contributed by atoms with Crippen LogP contribution < -0.4 is 14.5 Å². The van der Waals surface area contributed by atoms with Gasteiger partial charge < -0.3 is 19.3 Å². The molecule has 5 rings (SSSR count). The highest BCUT2D eigenvalue weighted by Gasteiger charge is 2.26. The Hall–Kier alpha value is -2.81. The number of nitrogens with zero attached hydrogens (tertiary/aromatic N) is 3. The lowest BCUT2D eigenvalue weighted by atomic mass is 10.00. The highest BCUT2D eigenvalue weighted by molar-refractivity contribution is 7.99. The third-order valence-corrected chi connectivity index (χ3v) is 8.13. The van der Waals surface area contributed by atoms with E-state index in [1.54, 1.807) is 11.6 Å². The van der Waals surface area contributed by atoms with Gasteiger partial charge in [0.15, 0.2) is 0 Å². The molecular weight excluding hydrogens is 474 g/mol. The zero-order chi connectivity index (χ0) is 24.7. The minimum atomic E-state index is -0.133. The van der Waals surface area contributed by atoms with Crippen molar-refractivity contribution in [2.75, 3.05) is 56.6 Å². The summed E-state index contributed by atoms with van der Waals surface area (Å²) >= 11 is 2.00. The molecule has 36 heavy (non-hydrogen) atoms. The van der Waals surface area contributed by atoms with E-state index in [9.17, 15) is 4.79 Å². The number of rotatable bonds is 11. The van der Waals surface area contributed by atoms with Gasteiger partial charge in [0.2, 0.25) is 0 Å². The molecule has 0 N–H and O–H groups in total. The van der Waals surface area contributed by atoms with Crippen molar-refractivity contribution >= 4 is 34.6 Å². The normalized spacial score (nSPS) is 17.8. The summed E-state index contributed by atoms with van der Waals surface area (Å²) in [6.45, 7) is 8.43. The van der Waals surface area contributed by atoms with Gasteiger partial charge in [0.05, 0.1) is 12.1 Å². The molecule has 1 aromatic heterocycles. The van der Waals surface area contributed by atoms with Gasteiger partial charge in [-0.3, -0.25) is 4.90 Å². The highest BCUT2D eigenvalue weighted by Crippen LogP contribution is 2.44. The van der Waals surface area contributed by atoms with Crippen LogP contribution in [-0.4, -0.2) is 67.9 Å². The number of benzene rings is 2. The number of anilines is 1. The number of aromatic nitrogens is 1. The van der Waals surface area contributed by atoms with Crippen molar-refractivity contribution in [1.29, 1.82) is 0 Å². The van der Waals surface area contributed by atoms with Gasteiger partial charge >= 0.3 is 0 Å². The second-order valence-corrected chi connectivity index (χ2v) is 10.4. The Bertz CT molecular complexity index is 1180. The van der Waals surface area contributed by atoms with Gasteiger partial charge in [-0.1, -0.05) is 13.0 Å². The molecule has 2 aromatic carbocycles. The van der Waals surface area contributed by atoms with Gasteiger partial charge in [-0.15, -0.1) is 11.8 Å². The number of ether oxygens (including phenoxy) is 1. The molecule has 1 unspecified atom stereocenters. The summed E-state index contributed by atoms with van der Waals surface area (Å²) in [5.41, 5.74) is 3.77. The fourth-order valence-electron chi connectivity index (χ4n) is 4.90. The summed E-state index contributed by atoms with van der Waals surface area (Å²) < 4.78 is 5.98. The van der Waals surface area contributed by atoms with E-state index in [0.29, 0.717) is 24.7 Å². The quantitative estimate of drug-likeness (QED) is 0.157. The molecule has 1 saturated heterocycles. The number of hydrogen-bond donors (Lipinski definition) is 0. The number of unbranched alkanes of at least 4 members (excludes halogenated alkanes) is 1. The van der Waals surface area contributed by atoms with Crippen LogP contribution in [0.4, 0.5) is 5.69 Å². The molecule has 190 valence electrons. The van der Waals surface area contributed by atoms with Crippen LogP contribution in [0.15, 0.2) is 53.4 Å². The van der Waals surface area contributed by atoms with Crippen LogP contribution in [0.25, 0.3) is 10.9 Å². The number of aldehydes is 1. The summed E-state index contributed by atoms with van der Waals surface area (Å²) in [7, 11) is 0. The average Bonchev–Trinajstić information content (AvgIpc) is 3.30. The predicted octanol–water partition coefficient (Wildman–Crippen LogP) is 4.93. The minimum Gasteiger partial charge on any atom is -0.494 e. The third-order valence-electron chi connectivity index (χ3n) is 6.79. The van der Waals surface area contributed by atoms with Crippen molar-refractivity contribution in [3.05, 3.63) is 54.1 Å². The van der Waals surface area contributed by atoms with Crippen LogP contribution in [-0.2, 0) is 9.68 Å². The SMILES string of the molecule is CC1CSc2cccc(N3CCN(CCCCOc4ccc5ccc(OOCC=O)nc5c4)CC3)c21. The van der Waals surface area contributed by atoms with E-state index in [0.717, 1.165) is 62.2 Å². The Morgan fingerprint density at radius 2 is 1.94 bits per heavy atom. The summed E-state index contributed by atoms with van der Waals surface area (Å²) in [5, 5.41) is 0.984. The zero-order valence-electron chi connectivity index (χ0n) is 20.7. The Labute approximate surface area is 216 Å². The number of carbonyl (C=O) groups is 1. The summed E-state index contributed by atoms with van der Waals surface area (Å²) in [5.74, 6) is 2.95. The number of pyridine rings is 1. The number of carbonyl (C=O) groups excluding carboxylic acids is 1. The maximum absolute atomic E-state index is 10.4. The van der Waals surface area contributed by atoms with Crippen molar-refractivity contribution in [2.45, 2.75) is 30.6 Å². The molecule has 3 aromatic rings. The molecule has 3 heterocycles. The highest BCUT2D eigenvalue weighted by atomic mass is 32.2. The molecular formula is C28H33N3O4S. The van der Waals surface area contributed by atoms with Crippen LogP contribution >= 0.6 is 11.8 Å². The molecule has 0 radical (unpaired) electrons. The molecule has 0 saturated carbocycles. The van der Waals surface area contributed by atoms with Gasteiger partial charge in [0, 0.05) is 60.0 Å². The van der Waals surface area contributed by atoms with E-state index in [1.165, 1.54) is 16.3 Å². The first-order valence-corrected chi connectivity index (χ1v) is 13.7. The Kier molecular flexibility index (Phi) is 8.25. The van der Waals surface area contributed by atoms with E-state index < -0.39 is 0 Å². The molecule has 2 aliphatic rings. The second kappa shape index (κ2) is 12.0. The van der Waals surface area contributed by atoms with Crippen LogP contribution in [0.3, 0.4) is 0 Å². The van der Waals surface area contributed by atoms with Crippen LogP contribution in [0, 0.1) is 0 Å². The lowest BCUT2D eigenvalue weighted by Crippen LogP contribution is -2.47. The molecule has 0 spiro atoms. The third kappa shape index (κ3) is 5.94. The summed E-state index contributed by atoms with van der Waals surface area (Å²) in [4.78, 5) is 31.2. The number of hydrogen-bond acceptors (Lipinski definition) is 8. The number of fused-ring (bicyclic) bond motifs is 2. The molecule has 0 amide bonds. The van der Waals surface area contributed by atoms with E-state index in [-0.39, 0.29) is 6.61 Å². The minimum absolute atomic E-state index is 0.133. The van der Waals surface area contributed by atoms with E-state index in [1.807, 2.05) is 36.0 Å². The van der Waals surface area contributed by atoms with Crippen LogP contribution in [0.1, 0.15) is 31.2 Å². The van der Waals surface area contributed by atoms with Gasteiger partial charge in [-0.2, -0.15) is 4.89 Å². The van der Waals surface area contributed by atoms with Crippen LogP contribution in [0.5, 0.6) is 11.6 Å². The predicted molar refractivity (Wildman–Crippen MR) is 143 cm³/mol. The smallest absolute Gasteiger partial charge is 0.256 e. The lowest BCUT2D eigenvalue weighted by molar-refractivity contribution is -0.204. The van der Waals surface area contributed by atoms with Gasteiger partial charge in [0.1, 0.15) is 18.6 Å². The standard InChI is InChI=1S/C28H33N3O4S/c1-21-20-36-26-6-4-5-25(28(21)26)31-14-12-30(13-15-31)11-2-3-17-33-23-9-7-22-8-10-27(29-24(22)19-23)35-34-18-16-32/h4-10,16,19,21H,2-3,11-15,17-18,20H2,1H3. The molecule has 0 aliphatic carbocycles. The first-order chi connectivity index (χ1) is 17.7.